The molecule has 0 N–H and O–H groups in total. The highest BCUT2D eigenvalue weighted by Crippen LogP contribution is 2.32. The van der Waals surface area contributed by atoms with E-state index in [-0.39, 0.29) is 5.91 Å². The summed E-state index contributed by atoms with van der Waals surface area (Å²) in [4.78, 5) is 17.4. The van der Waals surface area contributed by atoms with Gasteiger partial charge >= 0.3 is 0 Å². The fraction of sp³-hybridized carbons (Fsp3) is 0.250. The van der Waals surface area contributed by atoms with Crippen LogP contribution < -0.4 is 0 Å². The highest BCUT2D eigenvalue weighted by atomic mass is 35.5. The lowest BCUT2D eigenvalue weighted by Crippen LogP contribution is -2.50. The summed E-state index contributed by atoms with van der Waals surface area (Å²) in [5.41, 5.74) is 3.73. The van der Waals surface area contributed by atoms with Gasteiger partial charge in [-0.3, -0.25) is 4.79 Å². The van der Waals surface area contributed by atoms with E-state index in [1.807, 2.05) is 53.4 Å². The first-order valence-corrected chi connectivity index (χ1v) is 12.1. The fourth-order valence-electron chi connectivity index (χ4n) is 3.94. The van der Waals surface area contributed by atoms with Crippen molar-refractivity contribution in [2.45, 2.75) is 6.92 Å². The molecular weight excluding hydrogens is 458 g/mol. The third-order valence-electron chi connectivity index (χ3n) is 5.74. The summed E-state index contributed by atoms with van der Waals surface area (Å²) in [7, 11) is 0. The van der Waals surface area contributed by atoms with Gasteiger partial charge in [0.15, 0.2) is 5.17 Å². The Labute approximate surface area is 201 Å². The van der Waals surface area contributed by atoms with Crippen LogP contribution in [0.5, 0.6) is 0 Å². The van der Waals surface area contributed by atoms with Crippen LogP contribution in [0.3, 0.4) is 0 Å². The van der Waals surface area contributed by atoms with E-state index in [0.717, 1.165) is 22.2 Å². The van der Waals surface area contributed by atoms with Gasteiger partial charge in [0.2, 0.25) is 0 Å². The number of amides is 1. The van der Waals surface area contributed by atoms with Crippen molar-refractivity contribution in [3.05, 3.63) is 76.5 Å². The molecule has 0 unspecified atom stereocenters. The Morgan fingerprint density at radius 2 is 1.73 bits per heavy atom. The number of halogens is 1. The molecule has 1 aromatic heterocycles. The summed E-state index contributed by atoms with van der Waals surface area (Å²) in [6.45, 7) is 4.31. The standard InChI is InChI=1S/C24H22ClN5O2S/c1-16-21(22(28-32-16)18-9-5-6-10-19(18)25)23(31)29-11-13-30(14-12-29)24-27-26-20(15-33-24)17-7-3-2-4-8-17/h2-10H,11-15H2,1H3. The van der Waals surface area contributed by atoms with Crippen molar-refractivity contribution in [2.24, 2.45) is 10.2 Å². The maximum Gasteiger partial charge on any atom is 0.259 e. The van der Waals surface area contributed by atoms with Crippen molar-refractivity contribution >= 4 is 40.1 Å². The highest BCUT2D eigenvalue weighted by Gasteiger charge is 2.30. The minimum atomic E-state index is -0.0917. The molecule has 5 rings (SSSR count). The summed E-state index contributed by atoms with van der Waals surface area (Å²) in [5.74, 6) is 1.18. The van der Waals surface area contributed by atoms with E-state index in [0.29, 0.717) is 53.8 Å². The lowest BCUT2D eigenvalue weighted by molar-refractivity contribution is 0.0692. The maximum atomic E-state index is 13.4. The zero-order valence-corrected chi connectivity index (χ0v) is 19.6. The lowest BCUT2D eigenvalue weighted by atomic mass is 10.0. The second kappa shape index (κ2) is 9.41. The molecule has 33 heavy (non-hydrogen) atoms. The van der Waals surface area contributed by atoms with Gasteiger partial charge in [-0.1, -0.05) is 77.1 Å². The van der Waals surface area contributed by atoms with Crippen LogP contribution in [0.1, 0.15) is 21.7 Å². The smallest absolute Gasteiger partial charge is 0.259 e. The number of aryl methyl sites for hydroxylation is 1. The number of nitrogens with zero attached hydrogens (tertiary/aromatic N) is 5. The molecule has 0 radical (unpaired) electrons. The van der Waals surface area contributed by atoms with Crippen molar-refractivity contribution in [1.29, 1.82) is 0 Å². The number of aromatic nitrogens is 1. The Balaban J connectivity index is 1.28. The molecule has 168 valence electrons. The minimum Gasteiger partial charge on any atom is -0.360 e. The van der Waals surface area contributed by atoms with Crippen LogP contribution in [-0.2, 0) is 0 Å². The summed E-state index contributed by atoms with van der Waals surface area (Å²) >= 11 is 8.03. The molecule has 3 aromatic rings. The Morgan fingerprint density at radius 3 is 2.42 bits per heavy atom. The van der Waals surface area contributed by atoms with E-state index >= 15 is 0 Å². The van der Waals surface area contributed by atoms with Gasteiger partial charge in [-0.25, -0.2) is 0 Å². The van der Waals surface area contributed by atoms with Crippen LogP contribution in [0.25, 0.3) is 11.3 Å². The minimum absolute atomic E-state index is 0.0917. The largest absolute Gasteiger partial charge is 0.360 e. The Morgan fingerprint density at radius 1 is 1.00 bits per heavy atom. The fourth-order valence-corrected chi connectivity index (χ4v) is 5.12. The molecule has 1 saturated heterocycles. The van der Waals surface area contributed by atoms with Crippen LogP contribution in [0.2, 0.25) is 5.02 Å². The third-order valence-corrected chi connectivity index (χ3v) is 7.09. The second-order valence-electron chi connectivity index (χ2n) is 7.81. The molecule has 0 spiro atoms. The number of hydrogen-bond acceptors (Lipinski definition) is 7. The van der Waals surface area contributed by atoms with Crippen molar-refractivity contribution < 1.29 is 9.32 Å². The first-order valence-electron chi connectivity index (χ1n) is 10.7. The zero-order chi connectivity index (χ0) is 22.8. The lowest BCUT2D eigenvalue weighted by Gasteiger charge is -2.36. The van der Waals surface area contributed by atoms with E-state index in [2.05, 4.69) is 20.3 Å². The zero-order valence-electron chi connectivity index (χ0n) is 18.1. The molecule has 1 amide bonds. The molecule has 7 nitrogen and oxygen atoms in total. The molecule has 1 fully saturated rings. The molecular formula is C24H22ClN5O2S. The number of amidine groups is 1. The normalized spacial score (nSPS) is 16.4. The van der Waals surface area contributed by atoms with E-state index in [9.17, 15) is 4.79 Å². The van der Waals surface area contributed by atoms with Gasteiger partial charge in [0, 0.05) is 37.5 Å². The van der Waals surface area contributed by atoms with E-state index in [4.69, 9.17) is 16.1 Å². The Kier molecular flexibility index (Phi) is 6.20. The number of thioether (sulfide) groups is 1. The van der Waals surface area contributed by atoms with Gasteiger partial charge in [-0.2, -0.15) is 5.10 Å². The molecule has 3 heterocycles. The monoisotopic (exact) mass is 479 g/mol. The topological polar surface area (TPSA) is 74.3 Å². The van der Waals surface area contributed by atoms with Gasteiger partial charge < -0.3 is 14.3 Å². The number of benzene rings is 2. The summed E-state index contributed by atoms with van der Waals surface area (Å²) < 4.78 is 5.38. The van der Waals surface area contributed by atoms with Gasteiger partial charge in [-0.15, -0.1) is 5.10 Å². The number of carbonyl (C=O) groups is 1. The predicted molar refractivity (Wildman–Crippen MR) is 132 cm³/mol. The highest BCUT2D eigenvalue weighted by molar-refractivity contribution is 8.14. The van der Waals surface area contributed by atoms with E-state index in [1.165, 1.54) is 0 Å². The number of rotatable bonds is 3. The summed E-state index contributed by atoms with van der Waals surface area (Å²) in [5, 5.41) is 14.5. The summed E-state index contributed by atoms with van der Waals surface area (Å²) in [6.07, 6.45) is 0. The van der Waals surface area contributed by atoms with Gasteiger partial charge in [0.25, 0.3) is 5.91 Å². The van der Waals surface area contributed by atoms with Crippen molar-refractivity contribution in [3.8, 4) is 11.3 Å². The molecule has 2 aliphatic heterocycles. The van der Waals surface area contributed by atoms with Crippen LogP contribution in [0.15, 0.2) is 69.3 Å². The number of hydrogen-bond donors (Lipinski definition) is 0. The van der Waals surface area contributed by atoms with Crippen LogP contribution in [0.4, 0.5) is 0 Å². The van der Waals surface area contributed by atoms with E-state index < -0.39 is 0 Å². The maximum absolute atomic E-state index is 13.4. The first-order chi connectivity index (χ1) is 16.1. The molecule has 9 heteroatoms. The van der Waals surface area contributed by atoms with Crippen molar-refractivity contribution in [2.75, 3.05) is 31.9 Å². The Bertz CT molecular complexity index is 1230. The van der Waals surface area contributed by atoms with Crippen LogP contribution in [0, 0.1) is 6.92 Å². The van der Waals surface area contributed by atoms with Crippen LogP contribution in [-0.4, -0.2) is 63.7 Å². The molecule has 0 atom stereocenters. The van der Waals surface area contributed by atoms with Gasteiger partial charge in [-0.05, 0) is 18.6 Å². The van der Waals surface area contributed by atoms with Crippen molar-refractivity contribution in [1.82, 2.24) is 15.0 Å². The molecule has 2 aromatic carbocycles. The van der Waals surface area contributed by atoms with Crippen molar-refractivity contribution in [3.63, 3.8) is 0 Å². The van der Waals surface area contributed by atoms with E-state index in [1.54, 1.807) is 24.8 Å². The van der Waals surface area contributed by atoms with Crippen LogP contribution >= 0.6 is 23.4 Å². The molecule has 0 bridgehead atoms. The first kappa shape index (κ1) is 21.7. The third kappa shape index (κ3) is 4.41. The molecule has 2 aliphatic rings. The van der Waals surface area contributed by atoms with Gasteiger partial charge in [0.05, 0.1) is 10.7 Å². The Hall–Kier alpha value is -3.10. The predicted octanol–water partition coefficient (Wildman–Crippen LogP) is 4.57. The molecule has 0 aliphatic carbocycles. The summed E-state index contributed by atoms with van der Waals surface area (Å²) in [6, 6.07) is 17.4. The van der Waals surface area contributed by atoms with Gasteiger partial charge in [0.1, 0.15) is 17.0 Å². The number of carbonyl (C=O) groups excluding carboxylic acids is 1. The average molecular weight is 480 g/mol. The average Bonchev–Trinajstić information content (AvgIpc) is 3.25. The number of piperazine rings is 1. The molecule has 0 saturated carbocycles. The second-order valence-corrected chi connectivity index (χ2v) is 9.16. The quantitative estimate of drug-likeness (QED) is 0.550. The SMILES string of the molecule is Cc1onc(-c2ccccc2Cl)c1C(=O)N1CCN(C2=NN=C(c3ccccc3)CS2)CC1.